The van der Waals surface area contributed by atoms with E-state index >= 15 is 0 Å². The summed E-state index contributed by atoms with van der Waals surface area (Å²) in [6.45, 7) is 14.2. The lowest BCUT2D eigenvalue weighted by Gasteiger charge is -2.36. The van der Waals surface area contributed by atoms with Gasteiger partial charge in [-0.15, -0.1) is 11.3 Å². The molecule has 25 heteroatoms. The van der Waals surface area contributed by atoms with Gasteiger partial charge in [0.25, 0.3) is 5.91 Å². The summed E-state index contributed by atoms with van der Waals surface area (Å²) >= 11 is 1.57. The van der Waals surface area contributed by atoms with Crippen LogP contribution in [-0.4, -0.2) is 196 Å². The van der Waals surface area contributed by atoms with Gasteiger partial charge in [0.05, 0.1) is 106 Å². The van der Waals surface area contributed by atoms with Crippen molar-refractivity contribution in [2.24, 2.45) is 5.41 Å². The van der Waals surface area contributed by atoms with E-state index in [-0.39, 0.29) is 88.3 Å². The average molecular weight is 1280 g/mol. The number of H-pyrrole nitrogens is 1. The highest BCUT2D eigenvalue weighted by molar-refractivity contribution is 7.13. The highest BCUT2D eigenvalue weighted by Gasteiger charge is 2.44. The molecule has 9 rings (SSSR count). The summed E-state index contributed by atoms with van der Waals surface area (Å²) in [6.07, 6.45) is 1.33. The van der Waals surface area contributed by atoms with Crippen molar-refractivity contribution in [1.29, 1.82) is 0 Å². The molecule has 0 radical (unpaired) electrons. The van der Waals surface area contributed by atoms with Gasteiger partial charge in [0.15, 0.2) is 5.82 Å². The lowest BCUT2D eigenvalue weighted by molar-refractivity contribution is -0.144. The number of benzene rings is 4. The number of halogens is 2. The van der Waals surface area contributed by atoms with Crippen LogP contribution in [0.5, 0.6) is 0 Å². The Kier molecular flexibility index (Phi) is 24.8. The number of likely N-dealkylation sites (tertiary alicyclic amines) is 1. The highest BCUT2D eigenvalue weighted by Crippen LogP contribution is 2.32. The SMILES string of the molecule is Cc1ncsc1-c1ccc(CNC(=O)[C@@H]2CC(O)CN2C(=O)[C@@H](NC(=O)CCOCCOCCOCCOCCOCCC(=O)N2CCN(c3ccc(C(=O)Nc4n[nH]c5ccc(Cc6cc(F)cc(F)c6)cc45)c(NC4CCOCC4)c3)CC2)C(C)(C)C)cc1. The molecule has 490 valence electrons. The van der Waals surface area contributed by atoms with E-state index in [2.05, 4.69) is 41.3 Å². The predicted molar refractivity (Wildman–Crippen MR) is 341 cm³/mol. The number of thiazole rings is 1. The van der Waals surface area contributed by atoms with Crippen LogP contribution in [0.3, 0.4) is 0 Å². The number of fused-ring (bicyclic) bond motifs is 1. The zero-order valence-corrected chi connectivity index (χ0v) is 53.0. The number of hydrogen-bond acceptors (Lipinski definition) is 17. The number of nitrogens with one attached hydrogen (secondary N) is 5. The third-order valence-corrected chi connectivity index (χ3v) is 17.1. The fourth-order valence-corrected chi connectivity index (χ4v) is 12.0. The fraction of sp³-hybridized carbons (Fsp3) is 0.500. The molecule has 5 amide bonds. The Labute approximate surface area is 533 Å². The van der Waals surface area contributed by atoms with E-state index in [1.54, 1.807) is 17.4 Å². The van der Waals surface area contributed by atoms with Crippen LogP contribution >= 0.6 is 11.3 Å². The van der Waals surface area contributed by atoms with E-state index < -0.39 is 41.1 Å². The summed E-state index contributed by atoms with van der Waals surface area (Å²) in [5.41, 5.74) is 8.01. The zero-order valence-electron chi connectivity index (χ0n) is 52.2. The molecular formula is C66H84F2N10O12S. The number of anilines is 3. The molecule has 1 unspecified atom stereocenters. The molecule has 3 aliphatic heterocycles. The molecule has 4 aromatic carbocycles. The van der Waals surface area contributed by atoms with Gasteiger partial charge in [-0.2, -0.15) is 5.10 Å². The second-order valence-corrected chi connectivity index (χ2v) is 24.9. The molecule has 3 fully saturated rings. The molecular weight excluding hydrogens is 1190 g/mol. The largest absolute Gasteiger partial charge is 0.391 e. The van der Waals surface area contributed by atoms with Crippen molar-refractivity contribution in [1.82, 2.24) is 35.6 Å². The lowest BCUT2D eigenvalue weighted by atomic mass is 9.85. The number of amides is 5. The Bertz CT molecular complexity index is 3370. The number of aromatic nitrogens is 3. The first-order valence-corrected chi connectivity index (χ1v) is 32.0. The van der Waals surface area contributed by atoms with Gasteiger partial charge in [-0.25, -0.2) is 13.8 Å². The van der Waals surface area contributed by atoms with Gasteiger partial charge >= 0.3 is 0 Å². The number of piperazine rings is 1. The molecule has 22 nitrogen and oxygen atoms in total. The smallest absolute Gasteiger partial charge is 0.258 e. The molecule has 91 heavy (non-hydrogen) atoms. The van der Waals surface area contributed by atoms with Gasteiger partial charge in [0.1, 0.15) is 23.7 Å². The number of carbonyl (C=O) groups is 5. The summed E-state index contributed by atoms with van der Waals surface area (Å²) in [7, 11) is 0. The summed E-state index contributed by atoms with van der Waals surface area (Å²) in [5.74, 6) is -2.49. The normalized spacial score (nSPS) is 16.7. The van der Waals surface area contributed by atoms with Crippen molar-refractivity contribution in [3.63, 3.8) is 0 Å². The molecule has 3 aliphatic rings. The number of β-amino-alcohol motifs (C(OH)–C–C–N with tert-alkyl or cyclic N) is 1. The first kappa shape index (κ1) is 67.9. The molecule has 0 spiro atoms. The Morgan fingerprint density at radius 1 is 0.769 bits per heavy atom. The van der Waals surface area contributed by atoms with Crippen molar-refractivity contribution >= 4 is 69.0 Å². The van der Waals surface area contributed by atoms with Gasteiger partial charge < -0.3 is 69.5 Å². The molecule has 0 aliphatic carbocycles. The first-order chi connectivity index (χ1) is 43.9. The maximum absolute atomic E-state index is 14.0. The zero-order chi connectivity index (χ0) is 64.3. The number of aryl methyl sites for hydroxylation is 1. The van der Waals surface area contributed by atoms with Crippen molar-refractivity contribution < 1.29 is 66.3 Å². The summed E-state index contributed by atoms with van der Waals surface area (Å²) < 4.78 is 61.6. The molecule has 3 atom stereocenters. The van der Waals surface area contributed by atoms with E-state index in [1.807, 2.05) is 92.7 Å². The van der Waals surface area contributed by atoms with Gasteiger partial charge in [-0.1, -0.05) is 51.1 Å². The topological polar surface area (TPSA) is 260 Å². The Hall–Kier alpha value is -7.49. The van der Waals surface area contributed by atoms with Crippen LogP contribution in [0.25, 0.3) is 21.3 Å². The lowest BCUT2D eigenvalue weighted by Crippen LogP contribution is -2.57. The number of carbonyl (C=O) groups excluding carboxylic acids is 5. The molecule has 5 heterocycles. The van der Waals surface area contributed by atoms with E-state index in [0.29, 0.717) is 119 Å². The van der Waals surface area contributed by atoms with Crippen LogP contribution in [0, 0.1) is 24.0 Å². The van der Waals surface area contributed by atoms with Gasteiger partial charge in [0, 0.05) is 94.2 Å². The highest BCUT2D eigenvalue weighted by atomic mass is 32.1. The van der Waals surface area contributed by atoms with E-state index in [0.717, 1.165) is 51.9 Å². The molecule has 2 aromatic heterocycles. The molecule has 3 saturated heterocycles. The van der Waals surface area contributed by atoms with Crippen LogP contribution in [0.15, 0.2) is 84.4 Å². The minimum absolute atomic E-state index is 0.00795. The number of hydrogen-bond donors (Lipinski definition) is 6. The van der Waals surface area contributed by atoms with E-state index in [1.165, 1.54) is 17.0 Å². The number of aliphatic hydroxyl groups excluding tert-OH is 1. The van der Waals surface area contributed by atoms with Crippen LogP contribution in [0.4, 0.5) is 26.0 Å². The maximum Gasteiger partial charge on any atom is 0.258 e. The van der Waals surface area contributed by atoms with Crippen LogP contribution < -0.4 is 26.2 Å². The van der Waals surface area contributed by atoms with Crippen LogP contribution in [0.2, 0.25) is 0 Å². The molecule has 6 N–H and O–H groups in total. The molecule has 0 saturated carbocycles. The second kappa shape index (κ2) is 33.2. The second-order valence-electron chi connectivity index (χ2n) is 24.0. The standard InChI is InChI=1S/C66H84F2N10O12S/c1-43-60(91-42-70-43)47-8-5-44(6-9-47)40-69-64(83)57-39-52(79)41-78(57)65(84)61(66(2,3)4)72-58(80)15-23-86-25-27-88-29-31-90-32-30-89-28-26-87-24-16-59(81)77-19-17-76(18-20-77)51-10-11-53(56(38-51)71-50-13-21-85-22-14-50)63(82)73-62-54-36-45(7-12-55(54)74-75-62)33-46-34-48(67)37-49(68)35-46/h5-12,34-38,42,50,52,57,61,71,79H,13-33,39-41H2,1-4H3,(H,69,83)(H,72,80)(H2,73,74,75,82)/t52?,57-,61+/m0/s1. The van der Waals surface area contributed by atoms with Crippen molar-refractivity contribution in [3.8, 4) is 10.4 Å². The minimum atomic E-state index is -0.947. The first-order valence-electron chi connectivity index (χ1n) is 31.1. The fourth-order valence-electron chi connectivity index (χ4n) is 11.2. The van der Waals surface area contributed by atoms with Gasteiger partial charge in [0.2, 0.25) is 23.6 Å². The van der Waals surface area contributed by atoms with Crippen molar-refractivity contribution in [2.45, 2.75) is 97.0 Å². The van der Waals surface area contributed by atoms with Gasteiger partial charge in [-0.05, 0) is 96.3 Å². The van der Waals surface area contributed by atoms with E-state index in [9.17, 15) is 37.9 Å². The molecule has 6 aromatic rings. The Balaban J connectivity index is 0.597. The maximum atomic E-state index is 14.0. The number of aliphatic hydroxyl groups is 1. The monoisotopic (exact) mass is 1280 g/mol. The van der Waals surface area contributed by atoms with Gasteiger partial charge in [-0.3, -0.25) is 29.1 Å². The Morgan fingerprint density at radius 3 is 2.04 bits per heavy atom. The number of nitrogens with zero attached hydrogens (tertiary/aromatic N) is 5. The predicted octanol–water partition coefficient (Wildman–Crippen LogP) is 7.03. The average Bonchev–Trinajstić information content (AvgIpc) is 2.51. The quantitative estimate of drug-likeness (QED) is 0.0239. The summed E-state index contributed by atoms with van der Waals surface area (Å²) in [5, 5.41) is 31.0. The van der Waals surface area contributed by atoms with E-state index in [4.69, 9.17) is 28.4 Å². The summed E-state index contributed by atoms with van der Waals surface area (Å²) in [6, 6.07) is 20.8. The number of ether oxygens (including phenoxy) is 6. The molecule has 0 bridgehead atoms. The number of rotatable bonds is 31. The summed E-state index contributed by atoms with van der Waals surface area (Å²) in [4.78, 5) is 78.6. The minimum Gasteiger partial charge on any atom is -0.391 e. The third-order valence-electron chi connectivity index (χ3n) is 16.1. The van der Waals surface area contributed by atoms with Crippen LogP contribution in [0.1, 0.15) is 85.6 Å². The van der Waals surface area contributed by atoms with Crippen LogP contribution in [-0.2, 0) is 60.6 Å². The van der Waals surface area contributed by atoms with Crippen molar-refractivity contribution in [2.75, 3.05) is 128 Å². The number of aromatic amines is 1. The Morgan fingerprint density at radius 2 is 1.41 bits per heavy atom. The third kappa shape index (κ3) is 19.8. The van der Waals surface area contributed by atoms with Crippen molar-refractivity contribution in [3.05, 3.63) is 124 Å².